The number of anilines is 1. The molecule has 1 atom stereocenters. The lowest BCUT2D eigenvalue weighted by molar-refractivity contribution is -0.117. The number of aromatic nitrogens is 1. The van der Waals surface area contributed by atoms with Crippen molar-refractivity contribution in [3.05, 3.63) is 21.9 Å². The number of pyridine rings is 1. The second-order valence-electron chi connectivity index (χ2n) is 4.46. The van der Waals surface area contributed by atoms with Crippen LogP contribution in [0, 0.1) is 5.92 Å². The fraction of sp³-hybridized carbons (Fsp3) is 0.500. The Labute approximate surface area is 120 Å². The van der Waals surface area contributed by atoms with E-state index >= 15 is 0 Å². The minimum absolute atomic E-state index is 0.00880. The molecule has 1 saturated heterocycles. The van der Waals surface area contributed by atoms with Crippen LogP contribution in [0.5, 0.6) is 0 Å². The molecule has 1 amide bonds. The molecule has 1 fully saturated rings. The predicted octanol–water partition coefficient (Wildman–Crippen LogP) is 2.83. The zero-order valence-corrected chi connectivity index (χ0v) is 12.2. The van der Waals surface area contributed by atoms with E-state index in [4.69, 9.17) is 11.6 Å². The predicted molar refractivity (Wildman–Crippen MR) is 75.8 cm³/mol. The molecule has 98 valence electrons. The number of amides is 1. The van der Waals surface area contributed by atoms with Crippen molar-refractivity contribution in [1.82, 2.24) is 10.3 Å². The van der Waals surface area contributed by atoms with Gasteiger partial charge in [-0.1, -0.05) is 11.6 Å². The van der Waals surface area contributed by atoms with Crippen LogP contribution in [-0.2, 0) is 4.79 Å². The van der Waals surface area contributed by atoms with Crippen molar-refractivity contribution in [1.29, 1.82) is 0 Å². The molecule has 1 aliphatic rings. The van der Waals surface area contributed by atoms with Gasteiger partial charge in [-0.15, -0.1) is 0 Å². The highest BCUT2D eigenvalue weighted by Crippen LogP contribution is 2.24. The van der Waals surface area contributed by atoms with Crippen LogP contribution in [0.15, 0.2) is 16.7 Å². The van der Waals surface area contributed by atoms with E-state index < -0.39 is 0 Å². The first kappa shape index (κ1) is 13.8. The van der Waals surface area contributed by atoms with Crippen molar-refractivity contribution in [2.24, 2.45) is 5.92 Å². The van der Waals surface area contributed by atoms with Crippen LogP contribution in [0.3, 0.4) is 0 Å². The van der Waals surface area contributed by atoms with Gasteiger partial charge in [-0.05, 0) is 53.8 Å². The van der Waals surface area contributed by atoms with E-state index in [-0.39, 0.29) is 5.91 Å². The lowest BCUT2D eigenvalue weighted by atomic mass is 9.96. The summed E-state index contributed by atoms with van der Waals surface area (Å²) in [7, 11) is 0. The zero-order chi connectivity index (χ0) is 13.0. The van der Waals surface area contributed by atoms with E-state index in [0.29, 0.717) is 23.2 Å². The number of nitrogens with zero attached hydrogens (tertiary/aromatic N) is 1. The molecule has 2 N–H and O–H groups in total. The highest BCUT2D eigenvalue weighted by Gasteiger charge is 2.17. The number of hydrogen-bond donors (Lipinski definition) is 2. The SMILES string of the molecule is O=C(CC1CCCNC1)Nc1cc(Br)cnc1Cl. The Balaban J connectivity index is 1.92. The van der Waals surface area contributed by atoms with Gasteiger partial charge in [0.2, 0.25) is 5.91 Å². The summed E-state index contributed by atoms with van der Waals surface area (Å²) >= 11 is 9.23. The summed E-state index contributed by atoms with van der Waals surface area (Å²) in [5, 5.41) is 6.42. The maximum Gasteiger partial charge on any atom is 0.224 e. The smallest absolute Gasteiger partial charge is 0.224 e. The van der Waals surface area contributed by atoms with Crippen molar-refractivity contribution in [3.63, 3.8) is 0 Å². The van der Waals surface area contributed by atoms with Gasteiger partial charge in [0, 0.05) is 17.1 Å². The Morgan fingerprint density at radius 1 is 1.67 bits per heavy atom. The number of hydrogen-bond acceptors (Lipinski definition) is 3. The van der Waals surface area contributed by atoms with Gasteiger partial charge in [-0.25, -0.2) is 4.98 Å². The second kappa shape index (κ2) is 6.50. The molecule has 4 nitrogen and oxygen atoms in total. The van der Waals surface area contributed by atoms with Crippen molar-refractivity contribution in [2.75, 3.05) is 18.4 Å². The Kier molecular flexibility index (Phi) is 4.97. The van der Waals surface area contributed by atoms with Gasteiger partial charge in [0.15, 0.2) is 5.15 Å². The second-order valence-corrected chi connectivity index (χ2v) is 5.73. The first-order chi connectivity index (χ1) is 8.65. The van der Waals surface area contributed by atoms with Gasteiger partial charge in [-0.3, -0.25) is 4.79 Å². The average Bonchev–Trinajstić information content (AvgIpc) is 2.35. The first-order valence-electron chi connectivity index (χ1n) is 5.97. The number of piperidine rings is 1. The van der Waals surface area contributed by atoms with E-state index in [1.165, 1.54) is 0 Å². The molecule has 2 heterocycles. The van der Waals surface area contributed by atoms with Crippen LogP contribution in [0.4, 0.5) is 5.69 Å². The molecule has 0 saturated carbocycles. The Hall–Kier alpha value is -0.650. The summed E-state index contributed by atoms with van der Waals surface area (Å²) in [4.78, 5) is 15.9. The van der Waals surface area contributed by atoms with Crippen molar-refractivity contribution in [2.45, 2.75) is 19.3 Å². The van der Waals surface area contributed by atoms with Crippen molar-refractivity contribution in [3.8, 4) is 0 Å². The van der Waals surface area contributed by atoms with Gasteiger partial charge in [-0.2, -0.15) is 0 Å². The Morgan fingerprint density at radius 3 is 3.22 bits per heavy atom. The molecule has 1 aromatic rings. The minimum atomic E-state index is -0.00880. The fourth-order valence-corrected chi connectivity index (χ4v) is 2.55. The van der Waals surface area contributed by atoms with Crippen LogP contribution in [0.25, 0.3) is 0 Å². The van der Waals surface area contributed by atoms with Crippen LogP contribution >= 0.6 is 27.5 Å². The molecule has 0 bridgehead atoms. The zero-order valence-electron chi connectivity index (χ0n) is 9.88. The summed E-state index contributed by atoms with van der Waals surface area (Å²) < 4.78 is 0.793. The van der Waals surface area contributed by atoms with Gasteiger partial charge in [0.05, 0.1) is 5.69 Å². The first-order valence-corrected chi connectivity index (χ1v) is 7.14. The van der Waals surface area contributed by atoms with Gasteiger partial charge < -0.3 is 10.6 Å². The Morgan fingerprint density at radius 2 is 2.50 bits per heavy atom. The van der Waals surface area contributed by atoms with Crippen LogP contribution in [0.1, 0.15) is 19.3 Å². The molecule has 0 radical (unpaired) electrons. The third-order valence-corrected chi connectivity index (χ3v) is 3.69. The molecule has 6 heteroatoms. The maximum absolute atomic E-state index is 11.9. The van der Waals surface area contributed by atoms with Crippen LogP contribution in [-0.4, -0.2) is 24.0 Å². The number of carbonyl (C=O) groups excluding carboxylic acids is 1. The molecule has 0 aromatic carbocycles. The summed E-state index contributed by atoms with van der Waals surface area (Å²) in [5.74, 6) is 0.406. The van der Waals surface area contributed by atoms with E-state index in [1.807, 2.05) is 0 Å². The largest absolute Gasteiger partial charge is 0.323 e. The van der Waals surface area contributed by atoms with Crippen molar-refractivity contribution >= 4 is 39.1 Å². The quantitative estimate of drug-likeness (QED) is 0.837. The molecule has 1 aliphatic heterocycles. The van der Waals surface area contributed by atoms with E-state index in [9.17, 15) is 4.79 Å². The standard InChI is InChI=1S/C12H15BrClN3O/c13-9-5-10(12(14)16-7-9)17-11(18)4-8-2-1-3-15-6-8/h5,7-8,15H,1-4,6H2,(H,17,18). The molecular formula is C12H15BrClN3O. The number of nitrogens with one attached hydrogen (secondary N) is 2. The third kappa shape index (κ3) is 3.93. The highest BCUT2D eigenvalue weighted by atomic mass is 79.9. The minimum Gasteiger partial charge on any atom is -0.323 e. The topological polar surface area (TPSA) is 54.0 Å². The normalized spacial score (nSPS) is 19.6. The summed E-state index contributed by atoms with van der Waals surface area (Å²) in [6.07, 6.45) is 4.36. The highest BCUT2D eigenvalue weighted by molar-refractivity contribution is 9.10. The monoisotopic (exact) mass is 331 g/mol. The summed E-state index contributed by atoms with van der Waals surface area (Å²) in [5.41, 5.74) is 0.555. The molecule has 0 spiro atoms. The summed E-state index contributed by atoms with van der Waals surface area (Å²) in [6.45, 7) is 1.97. The van der Waals surface area contributed by atoms with Crippen LogP contribution < -0.4 is 10.6 Å². The molecule has 0 aliphatic carbocycles. The molecule has 1 aromatic heterocycles. The van der Waals surface area contributed by atoms with Gasteiger partial charge in [0.25, 0.3) is 0 Å². The van der Waals surface area contributed by atoms with Gasteiger partial charge >= 0.3 is 0 Å². The molecular weight excluding hydrogens is 318 g/mol. The van der Waals surface area contributed by atoms with E-state index in [0.717, 1.165) is 30.4 Å². The van der Waals surface area contributed by atoms with E-state index in [1.54, 1.807) is 12.3 Å². The van der Waals surface area contributed by atoms with Crippen molar-refractivity contribution < 1.29 is 4.79 Å². The summed E-state index contributed by atoms with van der Waals surface area (Å²) in [6, 6.07) is 1.76. The lowest BCUT2D eigenvalue weighted by Gasteiger charge is -2.22. The average molecular weight is 333 g/mol. The van der Waals surface area contributed by atoms with E-state index in [2.05, 4.69) is 31.5 Å². The Bertz CT molecular complexity index is 435. The third-order valence-electron chi connectivity index (χ3n) is 2.95. The number of rotatable bonds is 3. The molecule has 2 rings (SSSR count). The lowest BCUT2D eigenvalue weighted by Crippen LogP contribution is -2.32. The number of halogens is 2. The maximum atomic E-state index is 11.9. The molecule has 1 unspecified atom stereocenters. The fourth-order valence-electron chi connectivity index (χ4n) is 2.07. The van der Waals surface area contributed by atoms with Gasteiger partial charge in [0.1, 0.15) is 0 Å². The number of carbonyl (C=O) groups is 1. The molecule has 18 heavy (non-hydrogen) atoms. The van der Waals surface area contributed by atoms with Crippen LogP contribution in [0.2, 0.25) is 5.15 Å².